The maximum atomic E-state index is 12.0. The molecular weight excluding hydrogens is 192 g/mol. The van der Waals surface area contributed by atoms with Crippen LogP contribution in [-0.2, 0) is 0 Å². The Balaban J connectivity index is 2.76. The molecule has 1 aromatic heterocycles. The lowest BCUT2D eigenvalue weighted by Crippen LogP contribution is -2.17. The average Bonchev–Trinajstić information content (AvgIpc) is 2.34. The second kappa shape index (κ2) is 3.47. The molecule has 0 unspecified atom stereocenters. The van der Waals surface area contributed by atoms with Crippen LogP contribution in [0.1, 0.15) is 10.9 Å². The molecule has 62 valence electrons. The first-order valence-corrected chi connectivity index (χ1v) is 4.09. The Morgan fingerprint density at radius 2 is 2.09 bits per heavy atom. The lowest BCUT2D eigenvalue weighted by atomic mass is 10.3. The predicted molar refractivity (Wildman–Crippen MR) is 42.3 cm³/mol. The number of nitrogens with two attached hydrogens (primary N) is 1. The Morgan fingerprint density at radius 1 is 1.45 bits per heavy atom. The van der Waals surface area contributed by atoms with Gasteiger partial charge >= 0.3 is 0 Å². The molecule has 0 aliphatic carbocycles. The molecule has 0 amide bonds. The zero-order valence-corrected chi connectivity index (χ0v) is 7.00. The van der Waals surface area contributed by atoms with Crippen molar-refractivity contribution in [2.24, 2.45) is 5.73 Å². The molecule has 1 heterocycles. The lowest BCUT2D eigenvalue weighted by Gasteiger charge is -2.05. The van der Waals surface area contributed by atoms with Crippen LogP contribution in [0.15, 0.2) is 12.1 Å². The zero-order chi connectivity index (χ0) is 8.43. The summed E-state index contributed by atoms with van der Waals surface area (Å²) in [4.78, 5) is 0.421. The van der Waals surface area contributed by atoms with Gasteiger partial charge in [-0.15, -0.1) is 11.3 Å². The lowest BCUT2D eigenvalue weighted by molar-refractivity contribution is 0.118. The molecule has 0 bridgehead atoms. The van der Waals surface area contributed by atoms with E-state index in [1.165, 1.54) is 6.07 Å². The third-order valence-electron chi connectivity index (χ3n) is 1.19. The third kappa shape index (κ3) is 2.12. The Morgan fingerprint density at radius 3 is 2.45 bits per heavy atom. The minimum atomic E-state index is -2.52. The Labute approximate surface area is 71.8 Å². The molecule has 11 heavy (non-hydrogen) atoms. The molecule has 5 heteroatoms. The number of halogens is 3. The highest BCUT2D eigenvalue weighted by Gasteiger charge is 2.18. The monoisotopic (exact) mass is 197 g/mol. The molecule has 0 aliphatic heterocycles. The fourth-order valence-electron chi connectivity index (χ4n) is 0.632. The van der Waals surface area contributed by atoms with Crippen molar-refractivity contribution in [1.29, 1.82) is 0 Å². The zero-order valence-electron chi connectivity index (χ0n) is 5.43. The average molecular weight is 198 g/mol. The van der Waals surface area contributed by atoms with E-state index in [1.54, 1.807) is 6.07 Å². The maximum Gasteiger partial charge on any atom is 0.258 e. The molecule has 0 aliphatic rings. The molecule has 0 spiro atoms. The number of thiophene rings is 1. The molecule has 1 aromatic rings. The van der Waals surface area contributed by atoms with Gasteiger partial charge in [0.1, 0.15) is 6.04 Å². The minimum absolute atomic E-state index is 0.421. The van der Waals surface area contributed by atoms with Gasteiger partial charge in [0, 0.05) is 4.88 Å². The number of hydrogen-bond donors (Lipinski definition) is 1. The van der Waals surface area contributed by atoms with Crippen molar-refractivity contribution in [3.05, 3.63) is 21.3 Å². The van der Waals surface area contributed by atoms with Crippen LogP contribution in [0.2, 0.25) is 4.34 Å². The van der Waals surface area contributed by atoms with Gasteiger partial charge in [-0.3, -0.25) is 0 Å². The van der Waals surface area contributed by atoms with Crippen LogP contribution < -0.4 is 5.73 Å². The molecule has 0 saturated heterocycles. The normalized spacial score (nSPS) is 13.9. The summed E-state index contributed by atoms with van der Waals surface area (Å²) < 4.78 is 24.4. The quantitative estimate of drug-likeness (QED) is 0.775. The van der Waals surface area contributed by atoms with Crippen molar-refractivity contribution in [3.8, 4) is 0 Å². The topological polar surface area (TPSA) is 26.0 Å². The van der Waals surface area contributed by atoms with Gasteiger partial charge in [-0.25, -0.2) is 8.78 Å². The fourth-order valence-corrected chi connectivity index (χ4v) is 1.70. The van der Waals surface area contributed by atoms with E-state index in [9.17, 15) is 8.78 Å². The van der Waals surface area contributed by atoms with Gasteiger partial charge < -0.3 is 5.73 Å². The van der Waals surface area contributed by atoms with Gasteiger partial charge in [0.25, 0.3) is 6.43 Å². The molecule has 0 aromatic carbocycles. The highest BCUT2D eigenvalue weighted by Crippen LogP contribution is 2.28. The van der Waals surface area contributed by atoms with Crippen LogP contribution in [0.3, 0.4) is 0 Å². The second-order valence-corrected chi connectivity index (χ2v) is 3.75. The summed E-state index contributed by atoms with van der Waals surface area (Å²) in [6.07, 6.45) is -2.52. The van der Waals surface area contributed by atoms with Crippen LogP contribution in [0.25, 0.3) is 0 Å². The van der Waals surface area contributed by atoms with Crippen molar-refractivity contribution in [3.63, 3.8) is 0 Å². The van der Waals surface area contributed by atoms with E-state index >= 15 is 0 Å². The van der Waals surface area contributed by atoms with E-state index < -0.39 is 12.5 Å². The smallest absolute Gasteiger partial charge is 0.258 e. The summed E-state index contributed by atoms with van der Waals surface area (Å²) in [5, 5.41) is 0. The van der Waals surface area contributed by atoms with Crippen molar-refractivity contribution in [1.82, 2.24) is 0 Å². The summed E-state index contributed by atoms with van der Waals surface area (Å²) in [6, 6.07) is 1.88. The summed E-state index contributed by atoms with van der Waals surface area (Å²) in [7, 11) is 0. The fraction of sp³-hybridized carbons (Fsp3) is 0.333. The van der Waals surface area contributed by atoms with E-state index in [2.05, 4.69) is 0 Å². The van der Waals surface area contributed by atoms with Crippen LogP contribution in [0.4, 0.5) is 8.78 Å². The second-order valence-electron chi connectivity index (χ2n) is 2.00. The number of rotatable bonds is 2. The van der Waals surface area contributed by atoms with Crippen molar-refractivity contribution >= 4 is 22.9 Å². The molecular formula is C6H6ClF2NS. The third-order valence-corrected chi connectivity index (χ3v) is 2.53. The van der Waals surface area contributed by atoms with Gasteiger partial charge in [0.15, 0.2) is 0 Å². The highest BCUT2D eigenvalue weighted by molar-refractivity contribution is 7.16. The van der Waals surface area contributed by atoms with E-state index in [0.717, 1.165) is 11.3 Å². The largest absolute Gasteiger partial charge is 0.319 e. The molecule has 1 nitrogen and oxygen atoms in total. The first kappa shape index (κ1) is 8.90. The van der Waals surface area contributed by atoms with Crippen molar-refractivity contribution < 1.29 is 8.78 Å². The van der Waals surface area contributed by atoms with E-state index in [1.807, 2.05) is 0 Å². The standard InChI is InChI=1S/C6H6ClF2NS/c7-4-2-1-3(11-4)5(10)6(8)9/h1-2,5-6H,10H2/t5-/m1/s1. The maximum absolute atomic E-state index is 12.0. The predicted octanol–water partition coefficient (Wildman–Crippen LogP) is 2.67. The molecule has 2 N–H and O–H groups in total. The van der Waals surface area contributed by atoms with Crippen molar-refractivity contribution in [2.75, 3.05) is 0 Å². The van der Waals surface area contributed by atoms with Gasteiger partial charge in [0.2, 0.25) is 0 Å². The van der Waals surface area contributed by atoms with Gasteiger partial charge in [0.05, 0.1) is 4.34 Å². The molecule has 0 fully saturated rings. The van der Waals surface area contributed by atoms with Gasteiger partial charge in [-0.2, -0.15) is 0 Å². The summed E-state index contributed by atoms with van der Waals surface area (Å²) in [5.74, 6) is 0. The summed E-state index contributed by atoms with van der Waals surface area (Å²) in [5.41, 5.74) is 5.15. The Kier molecular flexibility index (Phi) is 2.81. The van der Waals surface area contributed by atoms with Crippen LogP contribution in [-0.4, -0.2) is 6.43 Å². The van der Waals surface area contributed by atoms with E-state index in [0.29, 0.717) is 9.21 Å². The molecule has 0 saturated carbocycles. The van der Waals surface area contributed by atoms with Crippen LogP contribution >= 0.6 is 22.9 Å². The first-order chi connectivity index (χ1) is 5.11. The minimum Gasteiger partial charge on any atom is -0.319 e. The summed E-state index contributed by atoms with van der Waals surface area (Å²) >= 11 is 6.61. The van der Waals surface area contributed by atoms with Crippen molar-refractivity contribution in [2.45, 2.75) is 12.5 Å². The van der Waals surface area contributed by atoms with E-state index in [-0.39, 0.29) is 0 Å². The molecule has 1 rings (SSSR count). The highest BCUT2D eigenvalue weighted by atomic mass is 35.5. The Bertz CT molecular complexity index is 238. The first-order valence-electron chi connectivity index (χ1n) is 2.90. The summed E-state index contributed by atoms with van der Waals surface area (Å²) in [6.45, 7) is 0. The van der Waals surface area contributed by atoms with Crippen LogP contribution in [0.5, 0.6) is 0 Å². The Hall–Kier alpha value is -0.190. The number of alkyl halides is 2. The van der Waals surface area contributed by atoms with E-state index in [4.69, 9.17) is 17.3 Å². The van der Waals surface area contributed by atoms with Crippen LogP contribution in [0, 0.1) is 0 Å². The van der Waals surface area contributed by atoms with Gasteiger partial charge in [-0.1, -0.05) is 11.6 Å². The SMILES string of the molecule is N[C@H](c1ccc(Cl)s1)C(F)F. The molecule has 0 radical (unpaired) electrons. The van der Waals surface area contributed by atoms with Gasteiger partial charge in [-0.05, 0) is 12.1 Å². The molecule has 1 atom stereocenters. The number of hydrogen-bond acceptors (Lipinski definition) is 2.